The van der Waals surface area contributed by atoms with Crippen LogP contribution in [-0.4, -0.2) is 51.3 Å². The molecule has 140 valence electrons. The summed E-state index contributed by atoms with van der Waals surface area (Å²) in [7, 11) is 0. The number of fused-ring (bicyclic) bond motifs is 1. The van der Waals surface area contributed by atoms with Gasteiger partial charge < -0.3 is 0 Å². The number of benzene rings is 1. The molecule has 4 heteroatoms. The average molecular weight is 353 g/mol. The summed E-state index contributed by atoms with van der Waals surface area (Å²) in [6.45, 7) is 12.3. The van der Waals surface area contributed by atoms with Crippen LogP contribution in [0.3, 0.4) is 0 Å². The molecule has 1 aromatic heterocycles. The highest BCUT2D eigenvalue weighted by atomic mass is 15.3. The number of rotatable bonds is 5. The zero-order valence-corrected chi connectivity index (χ0v) is 16.5. The minimum Gasteiger partial charge on any atom is -0.298 e. The van der Waals surface area contributed by atoms with Gasteiger partial charge in [0.05, 0.1) is 5.69 Å². The van der Waals surface area contributed by atoms with Gasteiger partial charge in [0.15, 0.2) is 0 Å². The summed E-state index contributed by atoms with van der Waals surface area (Å²) in [6.07, 6.45) is 3.87. The molecule has 0 spiro atoms. The van der Waals surface area contributed by atoms with Gasteiger partial charge in [-0.2, -0.15) is 5.10 Å². The second-order valence-corrected chi connectivity index (χ2v) is 8.03. The van der Waals surface area contributed by atoms with Crippen LogP contribution >= 0.6 is 0 Å². The molecule has 0 amide bonds. The molecule has 1 aromatic carbocycles. The lowest BCUT2D eigenvalue weighted by Gasteiger charge is -2.44. The highest BCUT2D eigenvalue weighted by Crippen LogP contribution is 2.28. The van der Waals surface area contributed by atoms with Gasteiger partial charge in [-0.3, -0.25) is 14.5 Å². The van der Waals surface area contributed by atoms with E-state index in [1.165, 1.54) is 55.0 Å². The van der Waals surface area contributed by atoms with Crippen LogP contribution in [0.15, 0.2) is 30.3 Å². The Kier molecular flexibility index (Phi) is 5.14. The van der Waals surface area contributed by atoms with E-state index in [4.69, 9.17) is 5.10 Å². The molecule has 2 fully saturated rings. The van der Waals surface area contributed by atoms with E-state index in [2.05, 4.69) is 65.6 Å². The van der Waals surface area contributed by atoms with Crippen LogP contribution < -0.4 is 0 Å². The lowest BCUT2D eigenvalue weighted by Crippen LogP contribution is -2.56. The van der Waals surface area contributed by atoms with Crippen molar-refractivity contribution in [1.29, 1.82) is 0 Å². The SMILES string of the molecule is CCn1nc(C)c(CN2C[C@@H]3CCCN3C[C@@H]2Cc2ccccc2)c1C. The maximum absolute atomic E-state index is 4.75. The topological polar surface area (TPSA) is 24.3 Å². The van der Waals surface area contributed by atoms with Crippen LogP contribution in [0.25, 0.3) is 0 Å². The van der Waals surface area contributed by atoms with Gasteiger partial charge in [-0.15, -0.1) is 0 Å². The van der Waals surface area contributed by atoms with Crippen LogP contribution in [0.5, 0.6) is 0 Å². The first-order chi connectivity index (χ1) is 12.7. The lowest BCUT2D eigenvalue weighted by molar-refractivity contribution is 0.0453. The molecule has 2 aliphatic heterocycles. The lowest BCUT2D eigenvalue weighted by atomic mass is 9.98. The Bertz CT molecular complexity index is 736. The van der Waals surface area contributed by atoms with Crippen molar-refractivity contribution >= 4 is 0 Å². The summed E-state index contributed by atoms with van der Waals surface area (Å²) < 4.78 is 2.16. The molecule has 2 atom stereocenters. The number of nitrogens with zero attached hydrogens (tertiary/aromatic N) is 4. The fraction of sp³-hybridized carbons (Fsp3) is 0.591. The number of hydrogen-bond donors (Lipinski definition) is 0. The van der Waals surface area contributed by atoms with E-state index in [1.807, 2.05) is 0 Å². The van der Waals surface area contributed by atoms with Crippen LogP contribution in [0.1, 0.15) is 42.3 Å². The number of piperazine rings is 1. The van der Waals surface area contributed by atoms with Gasteiger partial charge in [-0.25, -0.2) is 0 Å². The van der Waals surface area contributed by atoms with Crippen molar-refractivity contribution in [3.8, 4) is 0 Å². The smallest absolute Gasteiger partial charge is 0.0641 e. The molecule has 4 rings (SSSR count). The van der Waals surface area contributed by atoms with Gasteiger partial charge in [-0.1, -0.05) is 30.3 Å². The highest BCUT2D eigenvalue weighted by molar-refractivity contribution is 5.25. The van der Waals surface area contributed by atoms with Gasteiger partial charge in [-0.05, 0) is 52.1 Å². The Labute approximate surface area is 157 Å². The molecule has 0 N–H and O–H groups in total. The van der Waals surface area contributed by atoms with Gasteiger partial charge in [0.25, 0.3) is 0 Å². The van der Waals surface area contributed by atoms with E-state index in [-0.39, 0.29) is 0 Å². The molecular weight excluding hydrogens is 320 g/mol. The summed E-state index contributed by atoms with van der Waals surface area (Å²) in [6, 6.07) is 12.4. The van der Waals surface area contributed by atoms with Gasteiger partial charge >= 0.3 is 0 Å². The van der Waals surface area contributed by atoms with Crippen LogP contribution in [0.4, 0.5) is 0 Å². The summed E-state index contributed by atoms with van der Waals surface area (Å²) in [5.41, 5.74) is 5.45. The predicted molar refractivity (Wildman–Crippen MR) is 106 cm³/mol. The largest absolute Gasteiger partial charge is 0.298 e. The maximum Gasteiger partial charge on any atom is 0.0641 e. The highest BCUT2D eigenvalue weighted by Gasteiger charge is 2.36. The van der Waals surface area contributed by atoms with Crippen LogP contribution in [0.2, 0.25) is 0 Å². The normalized spacial score (nSPS) is 24.1. The van der Waals surface area contributed by atoms with Gasteiger partial charge in [0.1, 0.15) is 0 Å². The average Bonchev–Trinajstić information content (AvgIpc) is 3.21. The summed E-state index contributed by atoms with van der Waals surface area (Å²) in [5.74, 6) is 0. The van der Waals surface area contributed by atoms with Gasteiger partial charge in [0.2, 0.25) is 0 Å². The molecule has 26 heavy (non-hydrogen) atoms. The van der Waals surface area contributed by atoms with E-state index in [0.29, 0.717) is 6.04 Å². The van der Waals surface area contributed by atoms with E-state index in [1.54, 1.807) is 0 Å². The third-order valence-electron chi connectivity index (χ3n) is 6.41. The fourth-order valence-corrected chi connectivity index (χ4v) is 4.90. The third-order valence-corrected chi connectivity index (χ3v) is 6.41. The van der Waals surface area contributed by atoms with Crippen LogP contribution in [-0.2, 0) is 19.5 Å². The molecular formula is C22H32N4. The Hall–Kier alpha value is -1.65. The molecule has 0 unspecified atom stereocenters. The van der Waals surface area contributed by atoms with E-state index in [0.717, 1.165) is 25.6 Å². The van der Waals surface area contributed by atoms with Gasteiger partial charge in [0, 0.05) is 49.5 Å². The Morgan fingerprint density at radius 1 is 1.12 bits per heavy atom. The standard InChI is InChI=1S/C22H32N4/c1-4-26-18(3)22(17(2)23-26)16-25-14-20-11-8-12-24(20)15-21(25)13-19-9-6-5-7-10-19/h5-7,9-10,20-21H,4,8,11-16H2,1-3H3/t20-,21-/m0/s1. The second kappa shape index (κ2) is 7.53. The number of hydrogen-bond acceptors (Lipinski definition) is 3. The van der Waals surface area contributed by atoms with E-state index in [9.17, 15) is 0 Å². The van der Waals surface area contributed by atoms with Crippen molar-refractivity contribution in [3.63, 3.8) is 0 Å². The molecule has 0 radical (unpaired) electrons. The fourth-order valence-electron chi connectivity index (χ4n) is 4.90. The quantitative estimate of drug-likeness (QED) is 0.824. The zero-order valence-electron chi connectivity index (χ0n) is 16.5. The molecule has 4 nitrogen and oxygen atoms in total. The maximum atomic E-state index is 4.75. The molecule has 3 heterocycles. The van der Waals surface area contributed by atoms with Crippen molar-refractivity contribution in [3.05, 3.63) is 52.8 Å². The molecule has 2 saturated heterocycles. The summed E-state index contributed by atoms with van der Waals surface area (Å²) >= 11 is 0. The molecule has 2 aromatic rings. The molecule has 0 saturated carbocycles. The number of aromatic nitrogens is 2. The van der Waals surface area contributed by atoms with Crippen molar-refractivity contribution in [1.82, 2.24) is 19.6 Å². The first kappa shape index (κ1) is 17.7. The molecule has 2 aliphatic rings. The summed E-state index contributed by atoms with van der Waals surface area (Å²) in [4.78, 5) is 5.48. The third kappa shape index (κ3) is 3.45. The number of aryl methyl sites for hydroxylation is 2. The summed E-state index contributed by atoms with van der Waals surface area (Å²) in [5, 5.41) is 4.75. The van der Waals surface area contributed by atoms with Crippen molar-refractivity contribution < 1.29 is 0 Å². The molecule has 0 aliphatic carbocycles. The predicted octanol–water partition coefficient (Wildman–Crippen LogP) is 3.41. The second-order valence-electron chi connectivity index (χ2n) is 8.03. The van der Waals surface area contributed by atoms with Crippen LogP contribution in [0, 0.1) is 13.8 Å². The monoisotopic (exact) mass is 352 g/mol. The minimum atomic E-state index is 0.593. The minimum absolute atomic E-state index is 0.593. The first-order valence-corrected chi connectivity index (χ1v) is 10.2. The Balaban J connectivity index is 1.57. The zero-order chi connectivity index (χ0) is 18.1. The van der Waals surface area contributed by atoms with Crippen molar-refractivity contribution in [2.45, 2.75) is 65.2 Å². The molecule has 0 bridgehead atoms. The Morgan fingerprint density at radius 2 is 1.92 bits per heavy atom. The Morgan fingerprint density at radius 3 is 2.65 bits per heavy atom. The first-order valence-electron chi connectivity index (χ1n) is 10.2. The van der Waals surface area contributed by atoms with E-state index >= 15 is 0 Å². The van der Waals surface area contributed by atoms with E-state index < -0.39 is 0 Å². The van der Waals surface area contributed by atoms with Crippen molar-refractivity contribution in [2.24, 2.45) is 0 Å². The van der Waals surface area contributed by atoms with Crippen molar-refractivity contribution in [2.75, 3.05) is 19.6 Å².